The normalized spacial score (nSPS) is 12.2. The summed E-state index contributed by atoms with van der Waals surface area (Å²) in [6.45, 7) is 24.6. The quantitative estimate of drug-likeness (QED) is 0.0258. The van der Waals surface area contributed by atoms with Gasteiger partial charge in [-0.3, -0.25) is 34.3 Å². The maximum absolute atomic E-state index is 9.85. The Morgan fingerprint density at radius 1 is 0.291 bits per heavy atom. The second-order valence-corrected chi connectivity index (χ2v) is 29.8. The van der Waals surface area contributed by atoms with Gasteiger partial charge in [0.25, 0.3) is 0 Å². The number of nitrogens with zero attached hydrogens (tertiary/aromatic N) is 8. The van der Waals surface area contributed by atoms with Crippen molar-refractivity contribution in [2.24, 2.45) is 0 Å². The number of terminal acetylenes is 7. The minimum atomic E-state index is 0.258. The van der Waals surface area contributed by atoms with Crippen molar-refractivity contribution in [3.63, 3.8) is 0 Å². The Balaban J connectivity index is 0.00000134. The van der Waals surface area contributed by atoms with Gasteiger partial charge >= 0.3 is 0 Å². The number of hydrogen-bond donors (Lipinski definition) is 3. The van der Waals surface area contributed by atoms with Crippen LogP contribution in [0.1, 0.15) is 112 Å². The molecule has 0 aliphatic carbocycles. The smallest absolute Gasteiger partial charge is 0.120 e. The number of rotatable bonds is 35. The third kappa shape index (κ3) is 46.5. The highest BCUT2D eigenvalue weighted by Crippen LogP contribution is 2.25. The van der Waals surface area contributed by atoms with Crippen LogP contribution in [0, 0.1) is 86.4 Å². The van der Waals surface area contributed by atoms with Crippen molar-refractivity contribution in [3.8, 4) is 127 Å². The first-order valence-electron chi connectivity index (χ1n) is 39.9. The molecule has 0 bridgehead atoms. The lowest BCUT2D eigenvalue weighted by molar-refractivity contribution is 0.287. The lowest BCUT2D eigenvalue weighted by atomic mass is 10.0. The first-order chi connectivity index (χ1) is 55.8. The van der Waals surface area contributed by atoms with Crippen LogP contribution in [0.5, 0.6) is 40.2 Å². The molecule has 634 valence electrons. The molecule has 0 aliphatic rings. The maximum atomic E-state index is 9.85. The molecule has 15 nitrogen and oxygen atoms in total. The van der Waals surface area contributed by atoms with Gasteiger partial charge in [-0.15, -0.1) is 56.6 Å². The summed E-state index contributed by atoms with van der Waals surface area (Å²) in [5.41, 5.74) is 10.6. The van der Waals surface area contributed by atoms with Gasteiger partial charge in [-0.05, 0) is 269 Å². The van der Waals surface area contributed by atoms with Gasteiger partial charge in [0, 0.05) is 60.0 Å². The standard InChI is InChI=1S/C16H24N2O.C14H18ClNO.4C14H19NO.C13H17NO.C2H6/c1-6-9-18(5)13(2)10-14-7-8-16(19)15(11-14)12-17(3)4;1-4-7-16(3)11(2)8-12-5-6-14(17)13(9-12)10-15;4*1-5-10-15(3)12(2)11-13-6-8-14(16-4)9-7-13;1-4-9-14(3)11(2)10-12-5-7-13(15)8-6-12;1-2/h1,7-8,11,13,19H,9-10,12H2,2-5H3;1,5-6,9,11,17H,7-8,10H2,2-3H3;4*1,6-9,12H,10-11H2,2-4H3;1,5-8,11,15H,9-10H2,2-3H3;1-2H3. The molecule has 7 unspecified atom stereocenters. The van der Waals surface area contributed by atoms with E-state index in [0.29, 0.717) is 105 Å². The fourth-order valence-corrected chi connectivity index (χ4v) is 11.6. The Bertz CT molecular complexity index is 3790. The molecule has 0 aromatic heterocycles. The highest BCUT2D eigenvalue weighted by Gasteiger charge is 2.16. The van der Waals surface area contributed by atoms with Crippen molar-refractivity contribution >= 4 is 11.6 Å². The van der Waals surface area contributed by atoms with E-state index in [-0.39, 0.29) is 5.75 Å². The van der Waals surface area contributed by atoms with E-state index in [0.717, 1.165) is 91.2 Å². The molecule has 7 aromatic rings. The van der Waals surface area contributed by atoms with Crippen molar-refractivity contribution in [2.75, 3.05) is 138 Å². The average molecular weight is 1610 g/mol. The van der Waals surface area contributed by atoms with Gasteiger partial charge in [-0.1, -0.05) is 140 Å². The molecule has 7 rings (SSSR count). The zero-order chi connectivity index (χ0) is 88.4. The molecule has 0 heterocycles. The minimum absolute atomic E-state index is 0.258. The summed E-state index contributed by atoms with van der Waals surface area (Å²) < 4.78 is 20.5. The lowest BCUT2D eigenvalue weighted by Gasteiger charge is -2.23. The third-order valence-electron chi connectivity index (χ3n) is 19.9. The summed E-state index contributed by atoms with van der Waals surface area (Å²) in [6.07, 6.45) is 43.8. The van der Waals surface area contributed by atoms with Crippen molar-refractivity contribution in [1.82, 2.24) is 39.2 Å². The van der Waals surface area contributed by atoms with Gasteiger partial charge in [0.15, 0.2) is 0 Å². The van der Waals surface area contributed by atoms with Crippen LogP contribution in [0.15, 0.2) is 158 Å². The van der Waals surface area contributed by atoms with E-state index in [1.807, 2.05) is 161 Å². The molecular formula is C101H141ClN8O7. The number of alkyl halides is 1. The first kappa shape index (κ1) is 107. The zero-order valence-corrected chi connectivity index (χ0v) is 75.6. The number of halogens is 1. The molecule has 16 heteroatoms. The molecule has 7 atom stereocenters. The number of phenols is 3. The second kappa shape index (κ2) is 63.2. The Labute approximate surface area is 715 Å². The fraction of sp³-hybridized carbons (Fsp3) is 0.446. The second-order valence-electron chi connectivity index (χ2n) is 29.6. The molecule has 0 radical (unpaired) electrons. The Hall–Kier alpha value is -9.97. The maximum Gasteiger partial charge on any atom is 0.120 e. The van der Waals surface area contributed by atoms with E-state index in [4.69, 9.17) is 80.6 Å². The van der Waals surface area contributed by atoms with Crippen LogP contribution < -0.4 is 18.9 Å². The highest BCUT2D eigenvalue weighted by molar-refractivity contribution is 6.17. The van der Waals surface area contributed by atoms with Gasteiger partial charge in [0.2, 0.25) is 0 Å². The molecule has 0 saturated carbocycles. The molecule has 7 aromatic carbocycles. The van der Waals surface area contributed by atoms with E-state index in [2.05, 4.69) is 179 Å². The number of phenolic OH excluding ortho intramolecular Hbond substituents is 3. The Kier molecular flexibility index (Phi) is 57.8. The number of hydrogen-bond acceptors (Lipinski definition) is 15. The summed E-state index contributed by atoms with van der Waals surface area (Å²) >= 11 is 5.76. The number of ether oxygens (including phenoxy) is 4. The van der Waals surface area contributed by atoms with E-state index in [1.165, 1.54) is 33.4 Å². The third-order valence-corrected chi connectivity index (χ3v) is 20.1. The monoisotopic (exact) mass is 1610 g/mol. The topological polar surface area (TPSA) is 124 Å². The van der Waals surface area contributed by atoms with Gasteiger partial charge in [-0.2, -0.15) is 0 Å². The van der Waals surface area contributed by atoms with E-state index < -0.39 is 0 Å². The van der Waals surface area contributed by atoms with Crippen molar-refractivity contribution in [2.45, 2.75) is 162 Å². The van der Waals surface area contributed by atoms with Crippen LogP contribution in [-0.2, 0) is 57.4 Å². The van der Waals surface area contributed by atoms with Crippen LogP contribution in [0.3, 0.4) is 0 Å². The first-order valence-corrected chi connectivity index (χ1v) is 40.4. The average Bonchev–Trinajstić information content (AvgIpc) is 0.857. The number of aromatic hydroxyl groups is 3. The van der Waals surface area contributed by atoms with Gasteiger partial charge in [0.1, 0.15) is 40.2 Å². The zero-order valence-electron chi connectivity index (χ0n) is 74.8. The van der Waals surface area contributed by atoms with Crippen LogP contribution in [0.2, 0.25) is 0 Å². The van der Waals surface area contributed by atoms with Crippen LogP contribution in [-0.4, -0.2) is 234 Å². The molecule has 0 spiro atoms. The number of methoxy groups -OCH3 is 4. The van der Waals surface area contributed by atoms with Crippen LogP contribution in [0.25, 0.3) is 0 Å². The molecule has 3 N–H and O–H groups in total. The lowest BCUT2D eigenvalue weighted by Crippen LogP contribution is -2.31. The van der Waals surface area contributed by atoms with Crippen LogP contribution in [0.4, 0.5) is 0 Å². The highest BCUT2D eigenvalue weighted by atomic mass is 35.5. The Morgan fingerprint density at radius 2 is 0.470 bits per heavy atom. The van der Waals surface area contributed by atoms with Gasteiger partial charge in [0.05, 0.1) is 80.1 Å². The fourth-order valence-electron chi connectivity index (χ4n) is 11.4. The van der Waals surface area contributed by atoms with E-state index in [1.54, 1.807) is 52.7 Å². The summed E-state index contributed by atoms with van der Waals surface area (Å²) in [5.74, 6) is 23.4. The predicted octanol–water partition coefficient (Wildman–Crippen LogP) is 16.3. The van der Waals surface area contributed by atoms with Gasteiger partial charge in [-0.25, -0.2) is 0 Å². The SMILES string of the molecule is C#CCN(C)C(C)Cc1ccc(O)c(CCl)c1.C#CCN(C)C(C)Cc1ccc(O)c(CN(C)C)c1.C#CCN(C)C(C)Cc1ccc(O)cc1.C#CCN(C)C(C)Cc1ccc(OC)cc1.C#CCN(C)C(C)Cc1ccc(OC)cc1.C#CCN(C)C(C)Cc1ccc(OC)cc1.C#CCN(C)C(C)Cc1ccc(OC)cc1.CC. The molecular weight excluding hydrogens is 1470 g/mol. The van der Waals surface area contributed by atoms with Crippen LogP contribution >= 0.6 is 11.6 Å². The van der Waals surface area contributed by atoms with Crippen molar-refractivity contribution in [3.05, 3.63) is 208 Å². The number of likely N-dealkylation sites (N-methyl/N-ethyl adjacent to an activating group) is 7. The molecule has 117 heavy (non-hydrogen) atoms. The molecule has 0 aliphatic heterocycles. The molecule has 0 amide bonds. The largest absolute Gasteiger partial charge is 0.508 e. The number of benzene rings is 7. The minimum Gasteiger partial charge on any atom is -0.508 e. The van der Waals surface area contributed by atoms with Crippen molar-refractivity contribution < 1.29 is 34.3 Å². The summed E-state index contributed by atoms with van der Waals surface area (Å²) in [5, 5.41) is 28.5. The predicted molar refractivity (Wildman–Crippen MR) is 497 cm³/mol. The molecule has 0 fully saturated rings. The summed E-state index contributed by atoms with van der Waals surface area (Å²) in [6, 6.07) is 54.3. The summed E-state index contributed by atoms with van der Waals surface area (Å²) in [7, 11) is 25.0. The van der Waals surface area contributed by atoms with E-state index in [9.17, 15) is 10.2 Å². The van der Waals surface area contributed by atoms with Gasteiger partial charge < -0.3 is 39.2 Å². The Morgan fingerprint density at radius 3 is 0.658 bits per heavy atom. The van der Waals surface area contributed by atoms with Crippen molar-refractivity contribution in [1.29, 1.82) is 0 Å². The summed E-state index contributed by atoms with van der Waals surface area (Å²) in [4.78, 5) is 17.1. The van der Waals surface area contributed by atoms with E-state index >= 15 is 0 Å². The molecule has 0 saturated heterocycles.